The van der Waals surface area contributed by atoms with E-state index in [0.29, 0.717) is 18.0 Å². The molecule has 1 saturated heterocycles. The van der Waals surface area contributed by atoms with Crippen LogP contribution in [0.25, 0.3) is 11.3 Å². The Morgan fingerprint density at radius 1 is 1.10 bits per heavy atom. The lowest BCUT2D eigenvalue weighted by molar-refractivity contribution is 0.0559. The van der Waals surface area contributed by atoms with Gasteiger partial charge in [0.15, 0.2) is 11.5 Å². The molecular formula is C24H27N3O2. The largest absolute Gasteiger partial charge is 0.355 e. The first kappa shape index (κ1) is 19.4. The van der Waals surface area contributed by atoms with Crippen LogP contribution in [0.1, 0.15) is 34.5 Å². The third-order valence-corrected chi connectivity index (χ3v) is 5.65. The summed E-state index contributed by atoms with van der Waals surface area (Å²) in [5, 5.41) is 4.11. The van der Waals surface area contributed by atoms with Crippen molar-refractivity contribution in [3.63, 3.8) is 0 Å². The Hall–Kier alpha value is -2.92. The number of piperidine rings is 1. The molecule has 5 nitrogen and oxygen atoms in total. The van der Waals surface area contributed by atoms with Crippen LogP contribution in [0.15, 0.2) is 65.2 Å². The van der Waals surface area contributed by atoms with E-state index in [1.807, 2.05) is 54.3 Å². The predicted molar refractivity (Wildman–Crippen MR) is 114 cm³/mol. The van der Waals surface area contributed by atoms with E-state index in [1.54, 1.807) is 6.07 Å². The van der Waals surface area contributed by atoms with Gasteiger partial charge in [-0.2, -0.15) is 0 Å². The molecule has 1 fully saturated rings. The van der Waals surface area contributed by atoms with Crippen molar-refractivity contribution < 1.29 is 9.32 Å². The number of hydrogen-bond donors (Lipinski definition) is 0. The van der Waals surface area contributed by atoms with Gasteiger partial charge in [0.25, 0.3) is 5.91 Å². The summed E-state index contributed by atoms with van der Waals surface area (Å²) < 4.78 is 5.51. The second kappa shape index (κ2) is 8.62. The van der Waals surface area contributed by atoms with Gasteiger partial charge in [-0.3, -0.25) is 4.79 Å². The van der Waals surface area contributed by atoms with E-state index < -0.39 is 0 Å². The maximum atomic E-state index is 13.4. The maximum Gasteiger partial charge on any atom is 0.276 e. The monoisotopic (exact) mass is 389 g/mol. The molecule has 0 N–H and O–H groups in total. The van der Waals surface area contributed by atoms with Gasteiger partial charge in [-0.05, 0) is 45.5 Å². The number of likely N-dealkylation sites (tertiary alicyclic amines) is 1. The van der Waals surface area contributed by atoms with Crippen molar-refractivity contribution >= 4 is 5.91 Å². The van der Waals surface area contributed by atoms with Gasteiger partial charge in [0.2, 0.25) is 0 Å². The highest BCUT2D eigenvalue weighted by Crippen LogP contribution is 2.24. The summed E-state index contributed by atoms with van der Waals surface area (Å²) in [5.74, 6) is 0.557. The van der Waals surface area contributed by atoms with Gasteiger partial charge in [0.05, 0.1) is 0 Å². The Morgan fingerprint density at radius 3 is 2.48 bits per heavy atom. The van der Waals surface area contributed by atoms with Gasteiger partial charge < -0.3 is 14.3 Å². The van der Waals surface area contributed by atoms with Gasteiger partial charge in [0, 0.05) is 24.2 Å². The van der Waals surface area contributed by atoms with Crippen molar-refractivity contribution in [3.05, 3.63) is 77.5 Å². The molecule has 0 bridgehead atoms. The van der Waals surface area contributed by atoms with Crippen LogP contribution in [-0.4, -0.2) is 47.0 Å². The molecule has 3 aromatic rings. The molecule has 2 aromatic carbocycles. The van der Waals surface area contributed by atoms with Crippen LogP contribution in [0, 0.1) is 6.92 Å². The van der Waals surface area contributed by atoms with Crippen LogP contribution in [0.5, 0.6) is 0 Å². The van der Waals surface area contributed by atoms with Crippen molar-refractivity contribution in [2.24, 2.45) is 0 Å². The second-order valence-corrected chi connectivity index (χ2v) is 7.90. The van der Waals surface area contributed by atoms with Crippen LogP contribution < -0.4 is 0 Å². The zero-order valence-corrected chi connectivity index (χ0v) is 17.0. The lowest BCUT2D eigenvalue weighted by atomic mass is 10.0. The third kappa shape index (κ3) is 4.57. The Morgan fingerprint density at radius 2 is 1.79 bits per heavy atom. The summed E-state index contributed by atoms with van der Waals surface area (Å²) in [4.78, 5) is 17.7. The van der Waals surface area contributed by atoms with Crippen LogP contribution in [-0.2, 0) is 6.54 Å². The summed E-state index contributed by atoms with van der Waals surface area (Å²) in [6.07, 6.45) is 1.94. The molecule has 5 heteroatoms. The van der Waals surface area contributed by atoms with Crippen molar-refractivity contribution in [3.8, 4) is 11.3 Å². The van der Waals surface area contributed by atoms with Crippen LogP contribution in [0.2, 0.25) is 0 Å². The van der Waals surface area contributed by atoms with Gasteiger partial charge >= 0.3 is 0 Å². The van der Waals surface area contributed by atoms with Gasteiger partial charge in [-0.1, -0.05) is 65.3 Å². The van der Waals surface area contributed by atoms with Crippen LogP contribution in [0.4, 0.5) is 0 Å². The fourth-order valence-corrected chi connectivity index (χ4v) is 3.83. The van der Waals surface area contributed by atoms with Crippen molar-refractivity contribution in [2.75, 3.05) is 20.1 Å². The first-order valence-corrected chi connectivity index (χ1v) is 10.2. The van der Waals surface area contributed by atoms with E-state index in [9.17, 15) is 4.79 Å². The summed E-state index contributed by atoms with van der Waals surface area (Å²) in [7, 11) is 2.13. The highest BCUT2D eigenvalue weighted by molar-refractivity contribution is 5.93. The zero-order valence-electron chi connectivity index (χ0n) is 17.0. The van der Waals surface area contributed by atoms with Gasteiger partial charge in [-0.25, -0.2) is 0 Å². The summed E-state index contributed by atoms with van der Waals surface area (Å²) in [5.41, 5.74) is 3.61. The maximum absolute atomic E-state index is 13.4. The average Bonchev–Trinajstić information content (AvgIpc) is 3.24. The van der Waals surface area contributed by atoms with E-state index in [0.717, 1.165) is 37.1 Å². The molecule has 1 aliphatic rings. The lowest BCUT2D eigenvalue weighted by Gasteiger charge is -2.37. The predicted octanol–water partition coefficient (Wildman–Crippen LogP) is 4.39. The molecule has 0 unspecified atom stereocenters. The highest BCUT2D eigenvalue weighted by atomic mass is 16.5. The second-order valence-electron chi connectivity index (χ2n) is 7.90. The molecule has 4 rings (SSSR count). The van der Waals surface area contributed by atoms with Crippen LogP contribution in [0.3, 0.4) is 0 Å². The number of hydrogen-bond acceptors (Lipinski definition) is 4. The minimum Gasteiger partial charge on any atom is -0.355 e. The topological polar surface area (TPSA) is 49.6 Å². The van der Waals surface area contributed by atoms with E-state index in [-0.39, 0.29) is 11.9 Å². The number of benzene rings is 2. The zero-order chi connectivity index (χ0) is 20.2. The van der Waals surface area contributed by atoms with Crippen molar-refractivity contribution in [1.29, 1.82) is 0 Å². The Kier molecular flexibility index (Phi) is 5.76. The Labute approximate surface area is 171 Å². The molecular weight excluding hydrogens is 362 g/mol. The molecule has 0 aliphatic carbocycles. The van der Waals surface area contributed by atoms with E-state index in [1.165, 1.54) is 5.56 Å². The number of carbonyl (C=O) groups is 1. The lowest BCUT2D eigenvalue weighted by Crippen LogP contribution is -2.46. The molecule has 150 valence electrons. The average molecular weight is 389 g/mol. The SMILES string of the molecule is Cc1ccc(-c2cc(C(=O)N(Cc3ccccc3)C3CCN(C)CC3)no2)cc1. The number of nitrogens with zero attached hydrogens (tertiary/aromatic N) is 3. The van der Waals surface area contributed by atoms with Crippen LogP contribution >= 0.6 is 0 Å². The first-order chi connectivity index (χ1) is 14.1. The molecule has 2 heterocycles. The smallest absolute Gasteiger partial charge is 0.276 e. The summed E-state index contributed by atoms with van der Waals surface area (Å²) in [6, 6.07) is 20.2. The number of aryl methyl sites for hydroxylation is 1. The standard InChI is InChI=1S/C24H27N3O2/c1-18-8-10-20(11-9-18)23-16-22(25-29-23)24(28)27(17-19-6-4-3-5-7-19)21-12-14-26(2)15-13-21/h3-11,16,21H,12-15,17H2,1-2H3. The van der Waals surface area contributed by atoms with Crippen molar-refractivity contribution in [1.82, 2.24) is 15.0 Å². The van der Waals surface area contributed by atoms with Crippen molar-refractivity contribution in [2.45, 2.75) is 32.4 Å². The number of amides is 1. The molecule has 0 atom stereocenters. The summed E-state index contributed by atoms with van der Waals surface area (Å²) in [6.45, 7) is 4.62. The minimum atomic E-state index is -0.0643. The van der Waals surface area contributed by atoms with E-state index in [4.69, 9.17) is 4.52 Å². The normalized spacial score (nSPS) is 15.4. The molecule has 0 radical (unpaired) electrons. The number of rotatable bonds is 5. The molecule has 29 heavy (non-hydrogen) atoms. The molecule has 0 spiro atoms. The van der Waals surface area contributed by atoms with E-state index in [2.05, 4.69) is 29.2 Å². The minimum absolute atomic E-state index is 0.0643. The molecule has 1 amide bonds. The first-order valence-electron chi connectivity index (χ1n) is 10.2. The Bertz CT molecular complexity index is 942. The molecule has 0 saturated carbocycles. The number of carbonyl (C=O) groups excluding carboxylic acids is 1. The highest BCUT2D eigenvalue weighted by Gasteiger charge is 2.29. The fourth-order valence-electron chi connectivity index (χ4n) is 3.83. The van der Waals surface area contributed by atoms with Gasteiger partial charge in [-0.15, -0.1) is 0 Å². The quantitative estimate of drug-likeness (QED) is 0.649. The van der Waals surface area contributed by atoms with Gasteiger partial charge in [0.1, 0.15) is 0 Å². The number of aromatic nitrogens is 1. The summed E-state index contributed by atoms with van der Waals surface area (Å²) >= 11 is 0. The van der Waals surface area contributed by atoms with E-state index >= 15 is 0 Å². The molecule has 1 aliphatic heterocycles. The third-order valence-electron chi connectivity index (χ3n) is 5.65. The Balaban J connectivity index is 1.58. The fraction of sp³-hybridized carbons (Fsp3) is 0.333. The molecule has 1 aromatic heterocycles.